The third-order valence-corrected chi connectivity index (χ3v) is 3.50. The molecule has 6 nitrogen and oxygen atoms in total. The van der Waals surface area contributed by atoms with Crippen LogP contribution in [0.4, 0.5) is 15.8 Å². The first-order valence-electron chi connectivity index (χ1n) is 7.19. The molecule has 0 spiro atoms. The van der Waals surface area contributed by atoms with E-state index in [1.807, 2.05) is 0 Å². The number of anilines is 2. The minimum Gasteiger partial charge on any atom is -0.497 e. The molecule has 2 aromatic carbocycles. The number of rotatable bonds is 6. The van der Waals surface area contributed by atoms with Gasteiger partial charge in [-0.25, -0.2) is 4.39 Å². The van der Waals surface area contributed by atoms with Crippen LogP contribution in [0, 0.1) is 5.82 Å². The van der Waals surface area contributed by atoms with E-state index < -0.39 is 24.1 Å². The molecule has 25 heavy (non-hydrogen) atoms. The number of ether oxygens (including phenoxy) is 2. The predicted octanol–water partition coefficient (Wildman–Crippen LogP) is 3.46. The number of hydrogen-bond donors (Lipinski definition) is 2. The van der Waals surface area contributed by atoms with Gasteiger partial charge in [-0.15, -0.1) is 0 Å². The second kappa shape index (κ2) is 8.34. The SMILES string of the molecule is COc1ccc(NC(=O)CC(=O)Nc2ccc(F)c(Cl)c2)c(OC)c1. The summed E-state index contributed by atoms with van der Waals surface area (Å²) < 4.78 is 23.3. The highest BCUT2D eigenvalue weighted by Crippen LogP contribution is 2.29. The molecule has 2 amide bonds. The van der Waals surface area contributed by atoms with E-state index in [1.165, 1.54) is 26.4 Å². The molecule has 0 saturated heterocycles. The van der Waals surface area contributed by atoms with Crippen molar-refractivity contribution in [3.63, 3.8) is 0 Å². The van der Waals surface area contributed by atoms with Crippen molar-refractivity contribution in [2.24, 2.45) is 0 Å². The van der Waals surface area contributed by atoms with E-state index in [4.69, 9.17) is 21.1 Å². The normalized spacial score (nSPS) is 10.1. The van der Waals surface area contributed by atoms with Crippen LogP contribution in [-0.4, -0.2) is 26.0 Å². The Morgan fingerprint density at radius 1 is 1.04 bits per heavy atom. The molecule has 0 atom stereocenters. The minimum atomic E-state index is -0.594. The summed E-state index contributed by atoms with van der Waals surface area (Å²) in [4.78, 5) is 23.9. The van der Waals surface area contributed by atoms with Crippen LogP contribution < -0.4 is 20.1 Å². The van der Waals surface area contributed by atoms with Gasteiger partial charge in [-0.2, -0.15) is 0 Å². The van der Waals surface area contributed by atoms with Gasteiger partial charge >= 0.3 is 0 Å². The first kappa shape index (κ1) is 18.5. The van der Waals surface area contributed by atoms with Crippen molar-refractivity contribution in [2.45, 2.75) is 6.42 Å². The lowest BCUT2D eigenvalue weighted by Crippen LogP contribution is -2.21. The standard InChI is InChI=1S/C17H16ClFN2O4/c1-24-11-4-6-14(15(8-11)25-2)21-17(23)9-16(22)20-10-3-5-13(19)12(18)7-10/h3-8H,9H2,1-2H3,(H,20,22)(H,21,23). The summed E-state index contributed by atoms with van der Waals surface area (Å²) in [5.74, 6) is -0.718. The van der Waals surface area contributed by atoms with E-state index in [2.05, 4.69) is 10.6 Å². The zero-order valence-electron chi connectivity index (χ0n) is 13.6. The van der Waals surface area contributed by atoms with Gasteiger partial charge in [0.2, 0.25) is 11.8 Å². The molecule has 0 aromatic heterocycles. The van der Waals surface area contributed by atoms with Crippen LogP contribution in [0.25, 0.3) is 0 Å². The van der Waals surface area contributed by atoms with Crippen LogP contribution in [0.3, 0.4) is 0 Å². The second-order valence-corrected chi connectivity index (χ2v) is 5.38. The summed E-state index contributed by atoms with van der Waals surface area (Å²) in [5, 5.41) is 4.93. The third-order valence-electron chi connectivity index (χ3n) is 3.21. The van der Waals surface area contributed by atoms with Crippen LogP contribution in [0.15, 0.2) is 36.4 Å². The van der Waals surface area contributed by atoms with Crippen molar-refractivity contribution in [3.8, 4) is 11.5 Å². The van der Waals surface area contributed by atoms with E-state index in [1.54, 1.807) is 18.2 Å². The summed E-state index contributed by atoms with van der Waals surface area (Å²) >= 11 is 5.64. The van der Waals surface area contributed by atoms with E-state index in [9.17, 15) is 14.0 Å². The Labute approximate surface area is 148 Å². The first-order chi connectivity index (χ1) is 11.9. The number of hydrogen-bond acceptors (Lipinski definition) is 4. The topological polar surface area (TPSA) is 76.7 Å². The number of amides is 2. The van der Waals surface area contributed by atoms with Gasteiger partial charge in [-0.1, -0.05) is 11.6 Å². The van der Waals surface area contributed by atoms with Crippen LogP contribution in [0.5, 0.6) is 11.5 Å². The van der Waals surface area contributed by atoms with Crippen molar-refractivity contribution >= 4 is 34.8 Å². The number of benzene rings is 2. The Morgan fingerprint density at radius 2 is 1.76 bits per heavy atom. The number of methoxy groups -OCH3 is 2. The fourth-order valence-electron chi connectivity index (χ4n) is 2.02. The van der Waals surface area contributed by atoms with Crippen molar-refractivity contribution in [1.82, 2.24) is 0 Å². The van der Waals surface area contributed by atoms with Gasteiger partial charge in [0.25, 0.3) is 0 Å². The lowest BCUT2D eigenvalue weighted by Gasteiger charge is -2.11. The summed E-state index contributed by atoms with van der Waals surface area (Å²) in [6.45, 7) is 0. The number of carbonyl (C=O) groups excluding carboxylic acids is 2. The number of nitrogens with one attached hydrogen (secondary N) is 2. The fraction of sp³-hybridized carbons (Fsp3) is 0.176. The van der Waals surface area contributed by atoms with E-state index >= 15 is 0 Å². The van der Waals surface area contributed by atoms with Crippen molar-refractivity contribution in [2.75, 3.05) is 24.9 Å². The molecule has 0 aliphatic carbocycles. The van der Waals surface area contributed by atoms with Crippen LogP contribution in [0.2, 0.25) is 5.02 Å². The molecular formula is C17H16ClFN2O4. The van der Waals surface area contributed by atoms with Crippen LogP contribution >= 0.6 is 11.6 Å². The highest BCUT2D eigenvalue weighted by atomic mass is 35.5. The molecule has 0 aliphatic rings. The smallest absolute Gasteiger partial charge is 0.233 e. The lowest BCUT2D eigenvalue weighted by atomic mass is 10.2. The molecule has 0 unspecified atom stereocenters. The van der Waals surface area contributed by atoms with Crippen LogP contribution in [0.1, 0.15) is 6.42 Å². The molecule has 0 aliphatic heterocycles. The number of halogens is 2. The Hall–Kier alpha value is -2.80. The summed E-state index contributed by atoms with van der Waals surface area (Å²) in [5.41, 5.74) is 0.706. The molecule has 0 saturated carbocycles. The van der Waals surface area contributed by atoms with Crippen molar-refractivity contribution in [3.05, 3.63) is 47.2 Å². The third kappa shape index (κ3) is 5.09. The second-order valence-electron chi connectivity index (χ2n) is 4.97. The molecular weight excluding hydrogens is 351 g/mol. The Balaban J connectivity index is 1.97. The van der Waals surface area contributed by atoms with Gasteiger partial charge in [0.05, 0.1) is 24.9 Å². The fourth-order valence-corrected chi connectivity index (χ4v) is 2.20. The lowest BCUT2D eigenvalue weighted by molar-refractivity contribution is -0.123. The first-order valence-corrected chi connectivity index (χ1v) is 7.57. The van der Waals surface area contributed by atoms with Gasteiger partial charge in [0.15, 0.2) is 0 Å². The van der Waals surface area contributed by atoms with E-state index in [-0.39, 0.29) is 5.02 Å². The van der Waals surface area contributed by atoms with Gasteiger partial charge in [-0.3, -0.25) is 9.59 Å². The van der Waals surface area contributed by atoms with E-state index in [0.29, 0.717) is 22.9 Å². The zero-order chi connectivity index (χ0) is 18.4. The summed E-state index contributed by atoms with van der Waals surface area (Å²) in [6.07, 6.45) is -0.426. The van der Waals surface area contributed by atoms with Gasteiger partial charge in [0, 0.05) is 11.8 Å². The highest BCUT2D eigenvalue weighted by Gasteiger charge is 2.13. The molecule has 2 aromatic rings. The molecule has 8 heteroatoms. The van der Waals surface area contributed by atoms with Gasteiger partial charge in [-0.05, 0) is 30.3 Å². The average Bonchev–Trinajstić information content (AvgIpc) is 2.58. The maximum atomic E-state index is 13.1. The Morgan fingerprint density at radius 3 is 2.40 bits per heavy atom. The van der Waals surface area contributed by atoms with Gasteiger partial charge in [0.1, 0.15) is 23.7 Å². The monoisotopic (exact) mass is 366 g/mol. The molecule has 0 radical (unpaired) electrons. The zero-order valence-corrected chi connectivity index (χ0v) is 14.3. The maximum Gasteiger partial charge on any atom is 0.233 e. The molecule has 2 N–H and O–H groups in total. The molecule has 2 rings (SSSR count). The molecule has 132 valence electrons. The van der Waals surface area contributed by atoms with E-state index in [0.717, 1.165) is 6.07 Å². The highest BCUT2D eigenvalue weighted by molar-refractivity contribution is 6.31. The summed E-state index contributed by atoms with van der Waals surface area (Å²) in [6, 6.07) is 8.60. The van der Waals surface area contributed by atoms with Crippen molar-refractivity contribution in [1.29, 1.82) is 0 Å². The average molecular weight is 367 g/mol. The largest absolute Gasteiger partial charge is 0.497 e. The molecule has 0 bridgehead atoms. The summed E-state index contributed by atoms with van der Waals surface area (Å²) in [7, 11) is 2.97. The number of carbonyl (C=O) groups is 2. The van der Waals surface area contributed by atoms with Crippen LogP contribution in [-0.2, 0) is 9.59 Å². The Kier molecular flexibility index (Phi) is 6.19. The predicted molar refractivity (Wildman–Crippen MR) is 92.8 cm³/mol. The quantitative estimate of drug-likeness (QED) is 0.767. The molecule has 0 heterocycles. The van der Waals surface area contributed by atoms with Gasteiger partial charge < -0.3 is 20.1 Å². The maximum absolute atomic E-state index is 13.1. The molecule has 0 fully saturated rings. The van der Waals surface area contributed by atoms with Crippen molar-refractivity contribution < 1.29 is 23.5 Å². The minimum absolute atomic E-state index is 0.120. The Bertz CT molecular complexity index is 798.